The van der Waals surface area contributed by atoms with Crippen molar-refractivity contribution in [2.24, 2.45) is 5.73 Å². The lowest BCUT2D eigenvalue weighted by Gasteiger charge is -2.36. The fourth-order valence-corrected chi connectivity index (χ4v) is 2.61. The van der Waals surface area contributed by atoms with Crippen LogP contribution in [0.4, 0.5) is 0 Å². The normalized spacial score (nSPS) is 31.4. The van der Waals surface area contributed by atoms with E-state index in [1.54, 1.807) is 0 Å². The highest BCUT2D eigenvalue weighted by molar-refractivity contribution is 5.05. The molecule has 0 bridgehead atoms. The molecule has 17 heavy (non-hydrogen) atoms. The zero-order valence-corrected chi connectivity index (χ0v) is 10.2. The fourth-order valence-electron chi connectivity index (χ4n) is 2.61. The summed E-state index contributed by atoms with van der Waals surface area (Å²) in [5.74, 6) is 1.33. The summed E-state index contributed by atoms with van der Waals surface area (Å²) >= 11 is 0. The van der Waals surface area contributed by atoms with E-state index in [0.717, 1.165) is 32.3 Å². The highest BCUT2D eigenvalue weighted by atomic mass is 16.5. The van der Waals surface area contributed by atoms with E-state index in [9.17, 15) is 0 Å². The van der Waals surface area contributed by atoms with Crippen LogP contribution in [0, 0.1) is 0 Å². The minimum atomic E-state index is -0.358. The Kier molecular flexibility index (Phi) is 2.48. The van der Waals surface area contributed by atoms with Gasteiger partial charge in [0.1, 0.15) is 5.60 Å². The van der Waals surface area contributed by atoms with Crippen LogP contribution in [0.25, 0.3) is 0 Å². The van der Waals surface area contributed by atoms with Crippen molar-refractivity contribution in [2.75, 3.05) is 6.61 Å². The summed E-state index contributed by atoms with van der Waals surface area (Å²) in [6.45, 7) is 2.80. The molecule has 2 heterocycles. The van der Waals surface area contributed by atoms with Crippen LogP contribution in [0.15, 0.2) is 4.52 Å². The summed E-state index contributed by atoms with van der Waals surface area (Å²) in [4.78, 5) is 4.45. The van der Waals surface area contributed by atoms with Gasteiger partial charge < -0.3 is 15.0 Å². The Morgan fingerprint density at radius 1 is 1.29 bits per heavy atom. The van der Waals surface area contributed by atoms with Crippen molar-refractivity contribution in [3.8, 4) is 0 Å². The van der Waals surface area contributed by atoms with E-state index in [4.69, 9.17) is 15.0 Å². The standard InChI is InChI=1S/C12H19N3O2/c1-11(4-3-7-16-11)10-14-9(17-15-10)8-12(13)5-2-6-12/h2-8,13H2,1H3. The third-order valence-corrected chi connectivity index (χ3v) is 4.01. The second kappa shape index (κ2) is 3.78. The van der Waals surface area contributed by atoms with Crippen molar-refractivity contribution in [3.05, 3.63) is 11.7 Å². The number of rotatable bonds is 3. The van der Waals surface area contributed by atoms with E-state index in [2.05, 4.69) is 10.1 Å². The summed E-state index contributed by atoms with van der Waals surface area (Å²) in [6.07, 6.45) is 6.02. The van der Waals surface area contributed by atoms with Crippen molar-refractivity contribution in [3.63, 3.8) is 0 Å². The van der Waals surface area contributed by atoms with Gasteiger partial charge in [-0.05, 0) is 39.0 Å². The van der Waals surface area contributed by atoms with Crippen LogP contribution in [0.3, 0.4) is 0 Å². The molecule has 5 nitrogen and oxygen atoms in total. The van der Waals surface area contributed by atoms with Crippen LogP contribution >= 0.6 is 0 Å². The van der Waals surface area contributed by atoms with Crippen molar-refractivity contribution in [1.29, 1.82) is 0 Å². The summed E-state index contributed by atoms with van der Waals surface area (Å²) in [5.41, 5.74) is 5.70. The van der Waals surface area contributed by atoms with Crippen molar-refractivity contribution in [1.82, 2.24) is 10.1 Å². The van der Waals surface area contributed by atoms with Crippen LogP contribution in [-0.4, -0.2) is 22.3 Å². The second-order valence-electron chi connectivity index (χ2n) is 5.59. The number of hydrogen-bond acceptors (Lipinski definition) is 5. The van der Waals surface area contributed by atoms with E-state index in [1.807, 2.05) is 6.92 Å². The number of nitrogens with zero attached hydrogens (tertiary/aromatic N) is 2. The van der Waals surface area contributed by atoms with Crippen LogP contribution in [0.1, 0.15) is 50.7 Å². The van der Waals surface area contributed by atoms with E-state index < -0.39 is 0 Å². The molecule has 2 aliphatic rings. The van der Waals surface area contributed by atoms with E-state index in [1.165, 1.54) is 6.42 Å². The van der Waals surface area contributed by atoms with Crippen LogP contribution < -0.4 is 5.73 Å². The molecular weight excluding hydrogens is 218 g/mol. The summed E-state index contributed by atoms with van der Waals surface area (Å²) < 4.78 is 11.0. The quantitative estimate of drug-likeness (QED) is 0.862. The first-order valence-electron chi connectivity index (χ1n) is 6.36. The van der Waals surface area contributed by atoms with E-state index in [0.29, 0.717) is 18.1 Å². The molecule has 1 saturated heterocycles. The molecule has 1 atom stereocenters. The van der Waals surface area contributed by atoms with E-state index >= 15 is 0 Å². The molecule has 2 fully saturated rings. The molecule has 0 radical (unpaired) electrons. The molecule has 2 N–H and O–H groups in total. The molecule has 1 unspecified atom stereocenters. The number of nitrogens with two attached hydrogens (primary N) is 1. The summed E-state index contributed by atoms with van der Waals surface area (Å²) in [6, 6.07) is 0. The Morgan fingerprint density at radius 3 is 2.71 bits per heavy atom. The van der Waals surface area contributed by atoms with Crippen molar-refractivity contribution in [2.45, 2.75) is 56.6 Å². The lowest BCUT2D eigenvalue weighted by molar-refractivity contribution is 0.00768. The minimum Gasteiger partial charge on any atom is -0.367 e. The SMILES string of the molecule is CC1(c2noc(CC3(N)CCC3)n2)CCCO1. The van der Waals surface area contributed by atoms with Crippen LogP contribution in [0.5, 0.6) is 0 Å². The molecule has 1 saturated carbocycles. The Morgan fingerprint density at radius 2 is 2.12 bits per heavy atom. The summed E-state index contributed by atoms with van der Waals surface area (Å²) in [7, 11) is 0. The molecule has 94 valence electrons. The minimum absolute atomic E-state index is 0.110. The Labute approximate surface area is 101 Å². The predicted octanol–water partition coefficient (Wildman–Crippen LogP) is 1.52. The maximum Gasteiger partial charge on any atom is 0.228 e. The average molecular weight is 237 g/mol. The first-order valence-corrected chi connectivity index (χ1v) is 6.36. The second-order valence-corrected chi connectivity index (χ2v) is 5.59. The zero-order valence-electron chi connectivity index (χ0n) is 10.2. The predicted molar refractivity (Wildman–Crippen MR) is 61.3 cm³/mol. The van der Waals surface area contributed by atoms with Gasteiger partial charge >= 0.3 is 0 Å². The average Bonchev–Trinajstić information content (AvgIpc) is 2.86. The topological polar surface area (TPSA) is 74.2 Å². The lowest BCUT2D eigenvalue weighted by Crippen LogP contribution is -2.48. The number of aromatic nitrogens is 2. The van der Waals surface area contributed by atoms with Gasteiger partial charge in [0.15, 0.2) is 0 Å². The first kappa shape index (κ1) is 11.2. The molecule has 3 rings (SSSR count). The monoisotopic (exact) mass is 237 g/mol. The third kappa shape index (κ3) is 1.98. The largest absolute Gasteiger partial charge is 0.367 e. The zero-order chi connectivity index (χ0) is 11.9. The van der Waals surface area contributed by atoms with Gasteiger partial charge in [-0.2, -0.15) is 4.98 Å². The molecule has 5 heteroatoms. The van der Waals surface area contributed by atoms with Gasteiger partial charge in [0.2, 0.25) is 11.7 Å². The van der Waals surface area contributed by atoms with Gasteiger partial charge in [0.05, 0.1) is 0 Å². The molecule has 0 spiro atoms. The molecule has 0 amide bonds. The van der Waals surface area contributed by atoms with Crippen LogP contribution in [0.2, 0.25) is 0 Å². The van der Waals surface area contributed by atoms with Gasteiger partial charge in [-0.25, -0.2) is 0 Å². The third-order valence-electron chi connectivity index (χ3n) is 4.01. The maximum absolute atomic E-state index is 6.17. The van der Waals surface area contributed by atoms with Crippen molar-refractivity contribution >= 4 is 0 Å². The lowest BCUT2D eigenvalue weighted by atomic mass is 9.75. The Bertz CT molecular complexity index is 406. The van der Waals surface area contributed by atoms with Crippen molar-refractivity contribution < 1.29 is 9.26 Å². The summed E-state index contributed by atoms with van der Waals surface area (Å²) in [5, 5.41) is 4.05. The molecule has 1 aliphatic heterocycles. The number of ether oxygens (including phenoxy) is 1. The Hall–Kier alpha value is -0.940. The van der Waals surface area contributed by atoms with Gasteiger partial charge in [-0.3, -0.25) is 0 Å². The smallest absolute Gasteiger partial charge is 0.228 e. The molecular formula is C12H19N3O2. The molecule has 1 aromatic heterocycles. The maximum atomic E-state index is 6.17. The molecule has 0 aromatic carbocycles. The first-order chi connectivity index (χ1) is 8.10. The van der Waals surface area contributed by atoms with Gasteiger partial charge in [-0.15, -0.1) is 0 Å². The highest BCUT2D eigenvalue weighted by Crippen LogP contribution is 2.35. The molecule has 1 aromatic rings. The van der Waals surface area contributed by atoms with Gasteiger partial charge in [0, 0.05) is 18.6 Å². The van der Waals surface area contributed by atoms with Gasteiger partial charge in [0.25, 0.3) is 0 Å². The fraction of sp³-hybridized carbons (Fsp3) is 0.833. The Balaban J connectivity index is 1.74. The highest BCUT2D eigenvalue weighted by Gasteiger charge is 2.38. The van der Waals surface area contributed by atoms with E-state index in [-0.39, 0.29) is 11.1 Å². The van der Waals surface area contributed by atoms with Crippen LogP contribution in [-0.2, 0) is 16.8 Å². The number of hydrogen-bond donors (Lipinski definition) is 1. The van der Waals surface area contributed by atoms with Gasteiger partial charge in [-0.1, -0.05) is 5.16 Å². The molecule has 1 aliphatic carbocycles.